The zero-order chi connectivity index (χ0) is 15.4. The smallest absolute Gasteiger partial charge is 0.162 e. The Morgan fingerprint density at radius 2 is 2.00 bits per heavy atom. The third kappa shape index (κ3) is 3.21. The zero-order valence-corrected chi connectivity index (χ0v) is 12.0. The molecule has 0 amide bonds. The van der Waals surface area contributed by atoms with Crippen molar-refractivity contribution in [2.75, 3.05) is 7.11 Å². The van der Waals surface area contributed by atoms with Crippen molar-refractivity contribution in [3.8, 4) is 5.75 Å². The van der Waals surface area contributed by atoms with E-state index in [2.05, 4.69) is 5.10 Å². The van der Waals surface area contributed by atoms with Gasteiger partial charge in [-0.25, -0.2) is 8.78 Å². The van der Waals surface area contributed by atoms with E-state index in [9.17, 15) is 13.9 Å². The summed E-state index contributed by atoms with van der Waals surface area (Å²) >= 11 is 0. The summed E-state index contributed by atoms with van der Waals surface area (Å²) in [5.41, 5.74) is 0.290. The van der Waals surface area contributed by atoms with Crippen molar-refractivity contribution < 1.29 is 18.6 Å². The van der Waals surface area contributed by atoms with E-state index in [1.807, 2.05) is 6.92 Å². The molecule has 114 valence electrons. The van der Waals surface area contributed by atoms with Crippen molar-refractivity contribution in [3.63, 3.8) is 0 Å². The molecule has 1 aromatic carbocycles. The average molecular weight is 296 g/mol. The Labute approximate surface area is 122 Å². The summed E-state index contributed by atoms with van der Waals surface area (Å²) in [6.07, 6.45) is 1.04. The molecule has 0 bridgehead atoms. The number of hydrogen-bond acceptors (Lipinski definition) is 3. The number of aromatic nitrogens is 2. The van der Waals surface area contributed by atoms with Gasteiger partial charge < -0.3 is 9.84 Å². The number of aryl methyl sites for hydroxylation is 1. The van der Waals surface area contributed by atoms with Gasteiger partial charge in [-0.3, -0.25) is 4.68 Å². The molecule has 0 saturated carbocycles. The average Bonchev–Trinajstić information content (AvgIpc) is 2.86. The molecule has 1 heterocycles. The van der Waals surface area contributed by atoms with Crippen molar-refractivity contribution in [2.45, 2.75) is 32.4 Å². The minimum Gasteiger partial charge on any atom is -0.493 e. The summed E-state index contributed by atoms with van der Waals surface area (Å²) < 4.78 is 34.1. The number of aliphatic hydroxyl groups is 1. The highest BCUT2D eigenvalue weighted by molar-refractivity contribution is 5.30. The van der Waals surface area contributed by atoms with Crippen LogP contribution in [-0.4, -0.2) is 22.0 Å². The molecule has 0 radical (unpaired) electrons. The molecule has 21 heavy (non-hydrogen) atoms. The van der Waals surface area contributed by atoms with Crippen molar-refractivity contribution >= 4 is 0 Å². The Bertz CT molecular complexity index is 593. The molecule has 1 N–H and O–H groups in total. The fourth-order valence-corrected chi connectivity index (χ4v) is 2.28. The van der Waals surface area contributed by atoms with Crippen molar-refractivity contribution in [1.82, 2.24) is 9.78 Å². The monoisotopic (exact) mass is 296 g/mol. The third-order valence-electron chi connectivity index (χ3n) is 3.28. The topological polar surface area (TPSA) is 47.3 Å². The zero-order valence-electron chi connectivity index (χ0n) is 12.0. The number of methoxy groups -OCH3 is 1. The molecule has 1 atom stereocenters. The Morgan fingerprint density at radius 3 is 2.57 bits per heavy atom. The van der Waals surface area contributed by atoms with Crippen LogP contribution < -0.4 is 4.74 Å². The van der Waals surface area contributed by atoms with Gasteiger partial charge in [0.25, 0.3) is 0 Å². The summed E-state index contributed by atoms with van der Waals surface area (Å²) in [5.74, 6) is -0.933. The molecule has 2 aromatic rings. The summed E-state index contributed by atoms with van der Waals surface area (Å²) in [6, 6.07) is 3.64. The largest absolute Gasteiger partial charge is 0.493 e. The molecule has 0 aliphatic rings. The first-order valence-corrected chi connectivity index (χ1v) is 6.79. The quantitative estimate of drug-likeness (QED) is 0.891. The molecule has 0 spiro atoms. The second kappa shape index (κ2) is 6.67. The molecule has 4 nitrogen and oxygen atoms in total. The van der Waals surface area contributed by atoms with Crippen molar-refractivity contribution in [3.05, 3.63) is 47.3 Å². The lowest BCUT2D eigenvalue weighted by Crippen LogP contribution is -2.13. The van der Waals surface area contributed by atoms with Gasteiger partial charge in [0.2, 0.25) is 0 Å². The highest BCUT2D eigenvalue weighted by Crippen LogP contribution is 2.29. The molecule has 0 aliphatic heterocycles. The summed E-state index contributed by atoms with van der Waals surface area (Å²) in [4.78, 5) is 0. The van der Waals surface area contributed by atoms with Gasteiger partial charge in [-0.15, -0.1) is 0 Å². The van der Waals surface area contributed by atoms with E-state index < -0.39 is 17.7 Å². The minimum absolute atomic E-state index is 0.142. The molecular formula is C15H18F2N2O2. The highest BCUT2D eigenvalue weighted by Gasteiger charge is 2.22. The van der Waals surface area contributed by atoms with Gasteiger partial charge in [0.15, 0.2) is 5.75 Å². The van der Waals surface area contributed by atoms with Crippen LogP contribution in [0.25, 0.3) is 0 Å². The van der Waals surface area contributed by atoms with Crippen LogP contribution in [0.2, 0.25) is 0 Å². The predicted molar refractivity (Wildman–Crippen MR) is 74.1 cm³/mol. The van der Waals surface area contributed by atoms with E-state index in [0.29, 0.717) is 18.0 Å². The van der Waals surface area contributed by atoms with E-state index in [-0.39, 0.29) is 12.0 Å². The van der Waals surface area contributed by atoms with Gasteiger partial charge >= 0.3 is 0 Å². The van der Waals surface area contributed by atoms with Crippen LogP contribution in [0, 0.1) is 11.6 Å². The van der Waals surface area contributed by atoms with E-state index >= 15 is 0 Å². The lowest BCUT2D eigenvalue weighted by Gasteiger charge is -2.15. The molecule has 0 aliphatic carbocycles. The second-order valence-corrected chi connectivity index (χ2v) is 4.74. The van der Waals surface area contributed by atoms with Gasteiger partial charge in [0.05, 0.1) is 13.3 Å². The number of benzene rings is 1. The van der Waals surface area contributed by atoms with E-state index in [0.717, 1.165) is 6.42 Å². The molecule has 0 fully saturated rings. The number of rotatable bonds is 6. The second-order valence-electron chi connectivity index (χ2n) is 4.74. The maximum absolute atomic E-state index is 13.7. The Kier molecular flexibility index (Phi) is 4.90. The maximum Gasteiger partial charge on any atom is 0.162 e. The molecule has 0 saturated heterocycles. The van der Waals surface area contributed by atoms with E-state index in [4.69, 9.17) is 4.74 Å². The normalized spacial score (nSPS) is 12.4. The third-order valence-corrected chi connectivity index (χ3v) is 3.28. The van der Waals surface area contributed by atoms with Gasteiger partial charge in [-0.1, -0.05) is 13.0 Å². The van der Waals surface area contributed by atoms with Crippen LogP contribution in [0.3, 0.4) is 0 Å². The van der Waals surface area contributed by atoms with Crippen molar-refractivity contribution in [1.29, 1.82) is 0 Å². The number of aliphatic hydroxyl groups excluding tert-OH is 1. The first kappa shape index (κ1) is 15.4. The van der Waals surface area contributed by atoms with Crippen LogP contribution in [0.4, 0.5) is 8.78 Å². The van der Waals surface area contributed by atoms with Crippen LogP contribution in [0.15, 0.2) is 24.4 Å². The molecular weight excluding hydrogens is 278 g/mol. The van der Waals surface area contributed by atoms with Gasteiger partial charge in [0, 0.05) is 18.5 Å². The van der Waals surface area contributed by atoms with Crippen LogP contribution in [0.1, 0.15) is 30.7 Å². The molecule has 1 unspecified atom stereocenters. The van der Waals surface area contributed by atoms with Crippen LogP contribution >= 0.6 is 0 Å². The van der Waals surface area contributed by atoms with Gasteiger partial charge in [-0.05, 0) is 18.6 Å². The molecule has 6 heteroatoms. The highest BCUT2D eigenvalue weighted by atomic mass is 19.1. The standard InChI is InChI=1S/C15H18F2N2O2/c1-3-7-19-15(14(21-2)9-18-19)13(20)8-10-11(16)5-4-6-12(10)17/h4-6,9,13,20H,3,7-8H2,1-2H3. The van der Waals surface area contributed by atoms with Crippen LogP contribution in [-0.2, 0) is 13.0 Å². The number of hydrogen-bond donors (Lipinski definition) is 1. The lowest BCUT2D eigenvalue weighted by atomic mass is 10.0. The minimum atomic E-state index is -1.10. The maximum atomic E-state index is 13.7. The van der Waals surface area contributed by atoms with Crippen molar-refractivity contribution in [2.24, 2.45) is 0 Å². The number of ether oxygens (including phenoxy) is 1. The summed E-state index contributed by atoms with van der Waals surface area (Å²) in [6.45, 7) is 2.57. The molecule has 1 aromatic heterocycles. The summed E-state index contributed by atoms with van der Waals surface area (Å²) in [7, 11) is 1.47. The Morgan fingerprint density at radius 1 is 1.33 bits per heavy atom. The lowest BCUT2D eigenvalue weighted by molar-refractivity contribution is 0.159. The van der Waals surface area contributed by atoms with E-state index in [1.54, 1.807) is 4.68 Å². The summed E-state index contributed by atoms with van der Waals surface area (Å²) in [5, 5.41) is 14.5. The first-order chi connectivity index (χ1) is 10.1. The van der Waals surface area contributed by atoms with E-state index in [1.165, 1.54) is 31.5 Å². The van der Waals surface area contributed by atoms with Gasteiger partial charge in [-0.2, -0.15) is 5.10 Å². The number of nitrogens with zero attached hydrogens (tertiary/aromatic N) is 2. The van der Waals surface area contributed by atoms with Crippen LogP contribution in [0.5, 0.6) is 5.75 Å². The SMILES string of the molecule is CCCn1ncc(OC)c1C(O)Cc1c(F)cccc1F. The Hall–Kier alpha value is -1.95. The first-order valence-electron chi connectivity index (χ1n) is 6.79. The fourth-order valence-electron chi connectivity index (χ4n) is 2.28. The predicted octanol–water partition coefficient (Wildman–Crippen LogP) is 2.86. The fraction of sp³-hybridized carbons (Fsp3) is 0.400. The molecule has 2 rings (SSSR count). The Balaban J connectivity index is 2.31. The van der Waals surface area contributed by atoms with Gasteiger partial charge in [0.1, 0.15) is 23.4 Å². The number of halogens is 2.